The summed E-state index contributed by atoms with van der Waals surface area (Å²) in [5.74, 6) is -4.60. The van der Waals surface area contributed by atoms with Crippen molar-refractivity contribution in [2.75, 3.05) is 18.4 Å². The van der Waals surface area contributed by atoms with E-state index in [9.17, 15) is 22.8 Å². The van der Waals surface area contributed by atoms with E-state index in [-0.39, 0.29) is 18.6 Å². The summed E-state index contributed by atoms with van der Waals surface area (Å²) in [5, 5.41) is 2.70. The minimum Gasteiger partial charge on any atom is -0.321 e. The zero-order valence-electron chi connectivity index (χ0n) is 15.0. The van der Waals surface area contributed by atoms with Crippen molar-refractivity contribution in [2.45, 2.75) is 13.5 Å². The topological polar surface area (TPSA) is 79.3 Å². The standard InChI is InChI=1S/C19H17F3N4O2/c1-2-26(9-15-23-13-6-4-3-5-11(13)19(28)25-15)10-16(27)24-14-8-7-12(20)17(21)18(14)22/h3-8H,2,9-10H2,1H3,(H,24,27)(H,23,25,28)/p+1. The number of aromatic amines is 1. The molecule has 3 aromatic rings. The van der Waals surface area contributed by atoms with Gasteiger partial charge in [0.25, 0.3) is 11.5 Å². The van der Waals surface area contributed by atoms with E-state index in [1.54, 1.807) is 24.3 Å². The monoisotopic (exact) mass is 391 g/mol. The smallest absolute Gasteiger partial charge is 0.279 e. The number of carbonyl (C=O) groups excluding carboxylic acids is 1. The van der Waals surface area contributed by atoms with Crippen molar-refractivity contribution in [1.29, 1.82) is 0 Å². The molecule has 6 nitrogen and oxygen atoms in total. The zero-order chi connectivity index (χ0) is 20.3. The van der Waals surface area contributed by atoms with Gasteiger partial charge in [0, 0.05) is 0 Å². The summed E-state index contributed by atoms with van der Waals surface area (Å²) < 4.78 is 40.0. The molecular weight excluding hydrogens is 373 g/mol. The Balaban J connectivity index is 1.71. The Morgan fingerprint density at radius 2 is 1.89 bits per heavy atom. The number of hydrogen-bond acceptors (Lipinski definition) is 3. The summed E-state index contributed by atoms with van der Waals surface area (Å²) in [6.45, 7) is 2.53. The van der Waals surface area contributed by atoms with Crippen LogP contribution in [0.4, 0.5) is 18.9 Å². The maximum absolute atomic E-state index is 13.7. The first-order valence-corrected chi connectivity index (χ1v) is 8.64. The molecule has 0 aliphatic rings. The Hall–Kier alpha value is -3.20. The summed E-state index contributed by atoms with van der Waals surface area (Å²) in [6.07, 6.45) is 0. The number of benzene rings is 2. The second kappa shape index (κ2) is 8.22. The molecule has 28 heavy (non-hydrogen) atoms. The van der Waals surface area contributed by atoms with Gasteiger partial charge in [-0.2, -0.15) is 0 Å². The number of nitrogens with one attached hydrogen (secondary N) is 3. The SMILES string of the molecule is CC[NH+](CC(=O)Nc1ccc(F)c(F)c1F)Cc1nc2ccccc2c(=O)[nH]1. The third-order valence-electron chi connectivity index (χ3n) is 4.30. The number of anilines is 1. The van der Waals surface area contributed by atoms with Crippen LogP contribution in [0.3, 0.4) is 0 Å². The van der Waals surface area contributed by atoms with E-state index in [1.807, 2.05) is 6.92 Å². The Morgan fingerprint density at radius 1 is 1.14 bits per heavy atom. The van der Waals surface area contributed by atoms with Gasteiger partial charge in [-0.15, -0.1) is 0 Å². The first-order chi connectivity index (χ1) is 13.4. The maximum atomic E-state index is 13.7. The van der Waals surface area contributed by atoms with Crippen LogP contribution in [0.2, 0.25) is 0 Å². The number of hydrogen-bond donors (Lipinski definition) is 3. The number of aromatic nitrogens is 2. The summed E-state index contributed by atoms with van der Waals surface area (Å²) in [5.41, 5.74) is -0.161. The molecule has 1 atom stereocenters. The van der Waals surface area contributed by atoms with E-state index in [1.165, 1.54) is 0 Å². The van der Waals surface area contributed by atoms with Gasteiger partial charge < -0.3 is 15.2 Å². The van der Waals surface area contributed by atoms with Crippen LogP contribution in [-0.2, 0) is 11.3 Å². The van der Waals surface area contributed by atoms with Crippen molar-refractivity contribution in [3.8, 4) is 0 Å². The molecule has 0 fully saturated rings. The number of carbonyl (C=O) groups is 1. The van der Waals surface area contributed by atoms with Crippen LogP contribution >= 0.6 is 0 Å². The molecular formula is C19H18F3N4O2+. The van der Waals surface area contributed by atoms with E-state index in [2.05, 4.69) is 15.3 Å². The highest BCUT2D eigenvalue weighted by Gasteiger charge is 2.19. The molecule has 1 aromatic heterocycles. The lowest BCUT2D eigenvalue weighted by molar-refractivity contribution is -0.904. The number of amides is 1. The molecule has 0 aliphatic heterocycles. The maximum Gasteiger partial charge on any atom is 0.279 e. The molecule has 0 saturated carbocycles. The molecule has 146 valence electrons. The number of para-hydroxylation sites is 1. The van der Waals surface area contributed by atoms with Crippen LogP contribution in [0.25, 0.3) is 10.9 Å². The summed E-state index contributed by atoms with van der Waals surface area (Å²) in [7, 11) is 0. The molecule has 0 saturated heterocycles. The second-order valence-corrected chi connectivity index (χ2v) is 6.26. The third-order valence-corrected chi connectivity index (χ3v) is 4.30. The quantitative estimate of drug-likeness (QED) is 0.556. The summed E-state index contributed by atoms with van der Waals surface area (Å²) in [4.78, 5) is 32.1. The Morgan fingerprint density at radius 3 is 2.64 bits per heavy atom. The number of H-pyrrole nitrogens is 1. The van der Waals surface area contributed by atoms with Gasteiger partial charge in [0.2, 0.25) is 0 Å². The second-order valence-electron chi connectivity index (χ2n) is 6.26. The van der Waals surface area contributed by atoms with Gasteiger partial charge in [-0.1, -0.05) is 12.1 Å². The minimum atomic E-state index is -1.64. The third kappa shape index (κ3) is 4.20. The van der Waals surface area contributed by atoms with Gasteiger partial charge in [-0.3, -0.25) is 9.59 Å². The van der Waals surface area contributed by atoms with E-state index >= 15 is 0 Å². The van der Waals surface area contributed by atoms with Gasteiger partial charge in [0.15, 0.2) is 29.8 Å². The van der Waals surface area contributed by atoms with Crippen molar-refractivity contribution in [1.82, 2.24) is 9.97 Å². The zero-order valence-corrected chi connectivity index (χ0v) is 15.0. The number of likely N-dealkylation sites (N-methyl/N-ethyl adjacent to an activating group) is 1. The molecule has 2 aromatic carbocycles. The number of fused-ring (bicyclic) bond motifs is 1. The van der Waals surface area contributed by atoms with E-state index in [0.717, 1.165) is 17.0 Å². The number of quaternary nitrogens is 1. The molecule has 1 unspecified atom stereocenters. The molecule has 1 amide bonds. The van der Waals surface area contributed by atoms with Crippen LogP contribution < -0.4 is 15.8 Å². The van der Waals surface area contributed by atoms with Crippen LogP contribution in [0, 0.1) is 17.5 Å². The molecule has 0 bridgehead atoms. The molecule has 3 rings (SSSR count). The highest BCUT2D eigenvalue weighted by Crippen LogP contribution is 2.19. The Kier molecular flexibility index (Phi) is 5.74. The normalized spacial score (nSPS) is 12.1. The molecule has 0 aliphatic carbocycles. The average molecular weight is 391 g/mol. The predicted octanol–water partition coefficient (Wildman–Crippen LogP) is 1.38. The highest BCUT2D eigenvalue weighted by atomic mass is 19.2. The Labute approximate surface area is 158 Å². The van der Waals surface area contributed by atoms with Crippen molar-refractivity contribution >= 4 is 22.5 Å². The summed E-state index contributed by atoms with van der Waals surface area (Å²) in [6, 6.07) is 8.59. The van der Waals surface area contributed by atoms with Crippen molar-refractivity contribution in [3.63, 3.8) is 0 Å². The van der Waals surface area contributed by atoms with E-state index < -0.39 is 29.0 Å². The lowest BCUT2D eigenvalue weighted by Crippen LogP contribution is -3.11. The fourth-order valence-electron chi connectivity index (χ4n) is 2.81. The van der Waals surface area contributed by atoms with Gasteiger partial charge in [0.05, 0.1) is 23.1 Å². The number of rotatable bonds is 6. The molecule has 0 spiro atoms. The first-order valence-electron chi connectivity index (χ1n) is 8.64. The highest BCUT2D eigenvalue weighted by molar-refractivity contribution is 5.91. The van der Waals surface area contributed by atoms with Crippen LogP contribution in [0.1, 0.15) is 12.7 Å². The lowest BCUT2D eigenvalue weighted by Gasteiger charge is -2.17. The van der Waals surface area contributed by atoms with Crippen molar-refractivity contribution < 1.29 is 22.9 Å². The van der Waals surface area contributed by atoms with E-state index in [0.29, 0.717) is 23.3 Å². The number of nitrogens with zero attached hydrogens (tertiary/aromatic N) is 1. The summed E-state index contributed by atoms with van der Waals surface area (Å²) >= 11 is 0. The molecule has 9 heteroatoms. The van der Waals surface area contributed by atoms with Gasteiger partial charge in [-0.05, 0) is 31.2 Å². The van der Waals surface area contributed by atoms with Crippen LogP contribution in [0.5, 0.6) is 0 Å². The first kappa shape index (κ1) is 19.6. The van der Waals surface area contributed by atoms with Gasteiger partial charge in [-0.25, -0.2) is 18.2 Å². The lowest BCUT2D eigenvalue weighted by atomic mass is 10.2. The molecule has 3 N–H and O–H groups in total. The predicted molar refractivity (Wildman–Crippen MR) is 97.4 cm³/mol. The fraction of sp³-hybridized carbons (Fsp3) is 0.211. The largest absolute Gasteiger partial charge is 0.321 e. The molecule has 0 radical (unpaired) electrons. The van der Waals surface area contributed by atoms with Crippen LogP contribution in [0.15, 0.2) is 41.2 Å². The fourth-order valence-corrected chi connectivity index (χ4v) is 2.81. The van der Waals surface area contributed by atoms with E-state index in [4.69, 9.17) is 0 Å². The van der Waals surface area contributed by atoms with Crippen molar-refractivity contribution in [3.05, 3.63) is 70.0 Å². The average Bonchev–Trinajstić information content (AvgIpc) is 2.68. The van der Waals surface area contributed by atoms with Gasteiger partial charge in [0.1, 0.15) is 6.54 Å². The van der Waals surface area contributed by atoms with Crippen LogP contribution in [-0.4, -0.2) is 29.0 Å². The minimum absolute atomic E-state index is 0.0779. The van der Waals surface area contributed by atoms with Crippen molar-refractivity contribution in [2.24, 2.45) is 0 Å². The number of halogens is 3. The Bertz CT molecular complexity index is 1080. The van der Waals surface area contributed by atoms with Gasteiger partial charge >= 0.3 is 0 Å². The molecule has 1 heterocycles.